The van der Waals surface area contributed by atoms with Gasteiger partial charge in [0.15, 0.2) is 5.78 Å². The van der Waals surface area contributed by atoms with E-state index in [1.165, 1.54) is 6.92 Å². The number of halogens is 2. The molecular weight excluding hydrogens is 312 g/mol. The summed E-state index contributed by atoms with van der Waals surface area (Å²) in [5.74, 6) is -0.113. The van der Waals surface area contributed by atoms with E-state index in [4.69, 9.17) is 16.9 Å². The van der Waals surface area contributed by atoms with E-state index in [2.05, 4.69) is 22.6 Å². The maximum atomic E-state index is 11.0. The highest BCUT2D eigenvalue weighted by molar-refractivity contribution is 14.1. The van der Waals surface area contributed by atoms with E-state index >= 15 is 0 Å². The molecule has 0 aliphatic rings. The SMILES string of the molecule is CC(=O)C(Cl)c1cc(I)cc(C#N)c1. The van der Waals surface area contributed by atoms with Gasteiger partial charge in [-0.05, 0) is 53.3 Å². The first-order valence-corrected chi connectivity index (χ1v) is 5.41. The predicted molar refractivity (Wildman–Crippen MR) is 63.1 cm³/mol. The van der Waals surface area contributed by atoms with Crippen molar-refractivity contribution >= 4 is 40.0 Å². The molecule has 0 amide bonds. The fraction of sp³-hybridized carbons (Fsp3) is 0.200. The molecule has 2 nitrogen and oxygen atoms in total. The molecule has 0 aromatic heterocycles. The van der Waals surface area contributed by atoms with Crippen molar-refractivity contribution in [2.45, 2.75) is 12.3 Å². The largest absolute Gasteiger partial charge is 0.298 e. The van der Waals surface area contributed by atoms with E-state index in [1.807, 2.05) is 6.07 Å². The molecule has 72 valence electrons. The summed E-state index contributed by atoms with van der Waals surface area (Å²) in [6, 6.07) is 7.22. The molecule has 1 aromatic rings. The summed E-state index contributed by atoms with van der Waals surface area (Å²) in [5.41, 5.74) is 1.21. The third-order valence-corrected chi connectivity index (χ3v) is 2.88. The molecular formula is C10H7ClINO. The van der Waals surface area contributed by atoms with Crippen LogP contribution in [0.15, 0.2) is 18.2 Å². The molecule has 0 aliphatic heterocycles. The minimum Gasteiger partial charge on any atom is -0.298 e. The molecule has 0 bridgehead atoms. The highest BCUT2D eigenvalue weighted by Gasteiger charge is 2.14. The van der Waals surface area contributed by atoms with Crippen molar-refractivity contribution in [1.82, 2.24) is 0 Å². The molecule has 0 heterocycles. The number of nitriles is 1. The Morgan fingerprint density at radius 3 is 2.71 bits per heavy atom. The van der Waals surface area contributed by atoms with Crippen LogP contribution in [-0.4, -0.2) is 5.78 Å². The highest BCUT2D eigenvalue weighted by atomic mass is 127. The Morgan fingerprint density at radius 1 is 1.57 bits per heavy atom. The Labute approximate surface area is 101 Å². The highest BCUT2D eigenvalue weighted by Crippen LogP contribution is 2.24. The zero-order chi connectivity index (χ0) is 10.7. The first kappa shape index (κ1) is 11.5. The average molecular weight is 320 g/mol. The van der Waals surface area contributed by atoms with Crippen LogP contribution in [0.1, 0.15) is 23.4 Å². The van der Waals surface area contributed by atoms with E-state index in [0.717, 1.165) is 3.57 Å². The summed E-state index contributed by atoms with van der Waals surface area (Å²) in [5, 5.41) is 8.07. The van der Waals surface area contributed by atoms with Gasteiger partial charge in [0.25, 0.3) is 0 Å². The van der Waals surface area contributed by atoms with Crippen molar-refractivity contribution < 1.29 is 4.79 Å². The van der Waals surface area contributed by atoms with Crippen molar-refractivity contribution in [2.24, 2.45) is 0 Å². The maximum absolute atomic E-state index is 11.0. The zero-order valence-electron chi connectivity index (χ0n) is 7.42. The predicted octanol–water partition coefficient (Wildman–Crippen LogP) is 3.03. The van der Waals surface area contributed by atoms with Gasteiger partial charge >= 0.3 is 0 Å². The molecule has 1 rings (SSSR count). The first-order valence-electron chi connectivity index (χ1n) is 3.89. The molecule has 1 atom stereocenters. The molecule has 0 radical (unpaired) electrons. The van der Waals surface area contributed by atoms with Crippen LogP contribution in [-0.2, 0) is 4.79 Å². The molecule has 0 saturated heterocycles. The van der Waals surface area contributed by atoms with Crippen LogP contribution >= 0.6 is 34.2 Å². The van der Waals surface area contributed by atoms with Crippen molar-refractivity contribution in [3.05, 3.63) is 32.9 Å². The zero-order valence-corrected chi connectivity index (χ0v) is 10.3. The van der Waals surface area contributed by atoms with E-state index in [1.54, 1.807) is 18.2 Å². The lowest BCUT2D eigenvalue weighted by Gasteiger charge is -2.06. The number of carbonyl (C=O) groups excluding carboxylic acids is 1. The van der Waals surface area contributed by atoms with Gasteiger partial charge in [0.05, 0.1) is 11.6 Å². The van der Waals surface area contributed by atoms with Gasteiger partial charge in [-0.15, -0.1) is 11.6 Å². The van der Waals surface area contributed by atoms with Crippen LogP contribution in [0.25, 0.3) is 0 Å². The fourth-order valence-corrected chi connectivity index (χ4v) is 1.88. The van der Waals surface area contributed by atoms with Gasteiger partial charge in [0.2, 0.25) is 0 Å². The Bertz CT molecular complexity index is 411. The standard InChI is InChI=1S/C10H7ClINO/c1-6(14)10(11)8-2-7(5-13)3-9(12)4-8/h2-4,10H,1H3. The number of hydrogen-bond donors (Lipinski definition) is 0. The van der Waals surface area contributed by atoms with E-state index in [9.17, 15) is 4.79 Å². The van der Waals surface area contributed by atoms with E-state index in [0.29, 0.717) is 11.1 Å². The smallest absolute Gasteiger partial charge is 0.152 e. The molecule has 4 heteroatoms. The molecule has 1 unspecified atom stereocenters. The van der Waals surface area contributed by atoms with Crippen LogP contribution in [0.5, 0.6) is 0 Å². The number of rotatable bonds is 2. The number of alkyl halides is 1. The maximum Gasteiger partial charge on any atom is 0.152 e. The Kier molecular flexibility index (Phi) is 3.90. The summed E-state index contributed by atoms with van der Waals surface area (Å²) in [6.45, 7) is 1.43. The van der Waals surface area contributed by atoms with Crippen LogP contribution in [0.3, 0.4) is 0 Å². The lowest BCUT2D eigenvalue weighted by atomic mass is 10.1. The summed E-state index contributed by atoms with van der Waals surface area (Å²) < 4.78 is 0.906. The van der Waals surface area contributed by atoms with Gasteiger partial charge in [-0.2, -0.15) is 5.26 Å². The molecule has 0 N–H and O–H groups in total. The second-order valence-electron chi connectivity index (χ2n) is 2.86. The summed E-state index contributed by atoms with van der Waals surface area (Å²) in [7, 11) is 0. The van der Waals surface area contributed by atoms with Crippen molar-refractivity contribution in [3.8, 4) is 6.07 Å². The molecule has 14 heavy (non-hydrogen) atoms. The van der Waals surface area contributed by atoms with Gasteiger partial charge < -0.3 is 0 Å². The van der Waals surface area contributed by atoms with Gasteiger partial charge in [-0.25, -0.2) is 0 Å². The van der Waals surface area contributed by atoms with Crippen LogP contribution in [0.2, 0.25) is 0 Å². The third-order valence-electron chi connectivity index (χ3n) is 1.70. The number of ketones is 1. The minimum absolute atomic E-state index is 0.113. The topological polar surface area (TPSA) is 40.9 Å². The van der Waals surface area contributed by atoms with Crippen molar-refractivity contribution in [3.63, 3.8) is 0 Å². The third kappa shape index (κ3) is 2.69. The van der Waals surface area contributed by atoms with Gasteiger partial charge in [-0.3, -0.25) is 4.79 Å². The molecule has 0 spiro atoms. The Balaban J connectivity index is 3.17. The summed E-state index contributed by atoms with van der Waals surface area (Å²) in [6.07, 6.45) is 0. The number of Topliss-reactive ketones (excluding diaryl/α,β-unsaturated/α-hetero) is 1. The van der Waals surface area contributed by atoms with Crippen LogP contribution in [0, 0.1) is 14.9 Å². The average Bonchev–Trinajstić information content (AvgIpc) is 2.15. The normalized spacial score (nSPS) is 11.9. The fourth-order valence-electron chi connectivity index (χ4n) is 1.06. The quantitative estimate of drug-likeness (QED) is 0.621. The Morgan fingerprint density at radius 2 is 2.21 bits per heavy atom. The van der Waals surface area contributed by atoms with Crippen LogP contribution < -0.4 is 0 Å². The van der Waals surface area contributed by atoms with E-state index in [-0.39, 0.29) is 5.78 Å². The van der Waals surface area contributed by atoms with Gasteiger partial charge in [0.1, 0.15) is 5.38 Å². The monoisotopic (exact) mass is 319 g/mol. The first-order chi connectivity index (χ1) is 6.54. The molecule has 0 aliphatic carbocycles. The number of benzene rings is 1. The Hall–Kier alpha value is -0.600. The van der Waals surface area contributed by atoms with Crippen LogP contribution in [0.4, 0.5) is 0 Å². The van der Waals surface area contributed by atoms with E-state index < -0.39 is 5.38 Å². The summed E-state index contributed by atoms with van der Waals surface area (Å²) >= 11 is 7.97. The number of carbonyl (C=O) groups is 1. The van der Waals surface area contributed by atoms with Crippen molar-refractivity contribution in [2.75, 3.05) is 0 Å². The second kappa shape index (κ2) is 4.76. The molecule has 0 saturated carbocycles. The molecule has 1 aromatic carbocycles. The number of nitrogens with zero attached hydrogens (tertiary/aromatic N) is 1. The van der Waals surface area contributed by atoms with Crippen molar-refractivity contribution in [1.29, 1.82) is 5.26 Å². The van der Waals surface area contributed by atoms with Gasteiger partial charge in [0, 0.05) is 3.57 Å². The second-order valence-corrected chi connectivity index (χ2v) is 4.54. The van der Waals surface area contributed by atoms with Gasteiger partial charge in [-0.1, -0.05) is 0 Å². The minimum atomic E-state index is -0.656. The summed E-state index contributed by atoms with van der Waals surface area (Å²) in [4.78, 5) is 11.0. The molecule has 0 fully saturated rings. The lowest BCUT2D eigenvalue weighted by molar-refractivity contribution is -0.116. The lowest BCUT2D eigenvalue weighted by Crippen LogP contribution is -2.02. The number of hydrogen-bond acceptors (Lipinski definition) is 2.